The summed E-state index contributed by atoms with van der Waals surface area (Å²) in [4.78, 5) is 11.9. The third-order valence-electron chi connectivity index (χ3n) is 4.78. The fraction of sp³-hybridized carbons (Fsp3) is 0.368. The molecule has 1 aliphatic carbocycles. The summed E-state index contributed by atoms with van der Waals surface area (Å²) in [6, 6.07) is 5.94. The lowest BCUT2D eigenvalue weighted by molar-refractivity contribution is -0.143. The summed E-state index contributed by atoms with van der Waals surface area (Å²) >= 11 is 1.15. The summed E-state index contributed by atoms with van der Waals surface area (Å²) in [5.74, 6) is -0.836. The van der Waals surface area contributed by atoms with Crippen molar-refractivity contribution in [3.05, 3.63) is 51.5 Å². The number of carbonyl (C=O) groups is 1. The Bertz CT molecular complexity index is 1030. The van der Waals surface area contributed by atoms with Crippen molar-refractivity contribution in [2.45, 2.75) is 37.2 Å². The maximum atomic E-state index is 13.1. The van der Waals surface area contributed by atoms with Crippen molar-refractivity contribution in [1.29, 1.82) is 0 Å². The van der Waals surface area contributed by atoms with Crippen LogP contribution >= 0.6 is 11.3 Å². The maximum Gasteiger partial charge on any atom is 0.303 e. The quantitative estimate of drug-likeness (QED) is 0.423. The van der Waals surface area contributed by atoms with Crippen molar-refractivity contribution in [1.82, 2.24) is 4.31 Å². The van der Waals surface area contributed by atoms with Gasteiger partial charge in [-0.25, -0.2) is 17.1 Å². The van der Waals surface area contributed by atoms with E-state index in [0.717, 1.165) is 16.9 Å². The van der Waals surface area contributed by atoms with Crippen LogP contribution in [0.3, 0.4) is 0 Å². The van der Waals surface area contributed by atoms with Crippen LogP contribution in [-0.2, 0) is 32.4 Å². The van der Waals surface area contributed by atoms with Gasteiger partial charge in [0.25, 0.3) is 0 Å². The average Bonchev–Trinajstić information content (AvgIpc) is 3.11. The van der Waals surface area contributed by atoms with E-state index in [9.17, 15) is 22.8 Å². The molecular formula is C19H21FN2O5S2. The zero-order valence-corrected chi connectivity index (χ0v) is 17.6. The lowest BCUT2D eigenvalue weighted by Gasteiger charge is -2.24. The first-order chi connectivity index (χ1) is 13.7. The van der Waals surface area contributed by atoms with Crippen LogP contribution in [0.25, 0.3) is 0 Å². The number of carbonyl (C=O) groups excluding carboxylic acids is 1. The van der Waals surface area contributed by atoms with Gasteiger partial charge in [0.05, 0.1) is 9.77 Å². The van der Waals surface area contributed by atoms with Crippen molar-refractivity contribution < 1.29 is 27.5 Å². The molecule has 29 heavy (non-hydrogen) atoms. The molecule has 1 aromatic carbocycles. The number of hydrogen-bond acceptors (Lipinski definition) is 7. The Hall–Kier alpha value is -2.30. The number of hydrogen-bond donors (Lipinski definition) is 1. The predicted octanol–water partition coefficient (Wildman–Crippen LogP) is 2.81. The fourth-order valence-corrected chi connectivity index (χ4v) is 6.14. The lowest BCUT2D eigenvalue weighted by atomic mass is 9.95. The highest BCUT2D eigenvalue weighted by Crippen LogP contribution is 2.35. The van der Waals surface area contributed by atoms with Crippen molar-refractivity contribution >= 4 is 33.0 Å². The van der Waals surface area contributed by atoms with Gasteiger partial charge in [0.15, 0.2) is 0 Å². The number of thiophene rings is 1. The second-order valence-electron chi connectivity index (χ2n) is 6.73. The number of sulfonamides is 1. The Morgan fingerprint density at radius 1 is 1.38 bits per heavy atom. The standard InChI is InChI=1S/C19H21FN2O5S2/c1-12(23)27-16-8-7-15-17(11-28-19(15)18(16)21-24)29(25,26)22(2)10-9-13-3-5-14(20)6-4-13/h3-6,11,16,24H,7-10H2,1-2H3/b21-18+. The molecule has 1 aromatic heterocycles. The number of nitrogens with zero attached hydrogens (tertiary/aromatic N) is 2. The summed E-state index contributed by atoms with van der Waals surface area (Å²) in [5.41, 5.74) is 1.57. The monoisotopic (exact) mass is 440 g/mol. The number of halogens is 1. The van der Waals surface area contributed by atoms with E-state index in [1.54, 1.807) is 12.1 Å². The molecule has 156 valence electrons. The van der Waals surface area contributed by atoms with Gasteiger partial charge in [-0.1, -0.05) is 17.3 Å². The Morgan fingerprint density at radius 3 is 2.69 bits per heavy atom. The van der Waals surface area contributed by atoms with Gasteiger partial charge in [-0.3, -0.25) is 4.79 Å². The number of likely N-dealkylation sites (N-methyl/N-ethyl adjacent to an activating group) is 1. The van der Waals surface area contributed by atoms with E-state index in [-0.39, 0.29) is 23.0 Å². The Morgan fingerprint density at radius 2 is 2.07 bits per heavy atom. The average molecular weight is 441 g/mol. The highest BCUT2D eigenvalue weighted by Gasteiger charge is 2.35. The molecule has 1 N–H and O–H groups in total. The summed E-state index contributed by atoms with van der Waals surface area (Å²) in [7, 11) is -2.27. The molecule has 0 amide bonds. The van der Waals surface area contributed by atoms with E-state index in [1.807, 2.05) is 0 Å². The van der Waals surface area contributed by atoms with Crippen molar-refractivity contribution in [2.75, 3.05) is 13.6 Å². The smallest absolute Gasteiger partial charge is 0.303 e. The molecule has 0 aliphatic heterocycles. The number of rotatable bonds is 6. The predicted molar refractivity (Wildman–Crippen MR) is 106 cm³/mol. The largest absolute Gasteiger partial charge is 0.456 e. The van der Waals surface area contributed by atoms with Crippen LogP contribution < -0.4 is 0 Å². The van der Waals surface area contributed by atoms with Crippen LogP contribution in [0.2, 0.25) is 0 Å². The van der Waals surface area contributed by atoms with Crippen LogP contribution in [0.4, 0.5) is 4.39 Å². The third kappa shape index (κ3) is 4.49. The number of benzene rings is 1. The first-order valence-electron chi connectivity index (χ1n) is 8.94. The van der Waals surface area contributed by atoms with Crippen molar-refractivity contribution in [3.8, 4) is 0 Å². The Labute approximate surface area is 172 Å². The molecule has 0 spiro atoms. The van der Waals surface area contributed by atoms with E-state index >= 15 is 0 Å². The molecule has 0 fully saturated rings. The van der Waals surface area contributed by atoms with E-state index in [4.69, 9.17) is 4.74 Å². The zero-order chi connectivity index (χ0) is 21.2. The number of ether oxygens (including phenoxy) is 1. The molecule has 1 unspecified atom stereocenters. The van der Waals surface area contributed by atoms with E-state index < -0.39 is 22.1 Å². The highest BCUT2D eigenvalue weighted by molar-refractivity contribution is 7.89. The Balaban J connectivity index is 1.81. The van der Waals surface area contributed by atoms with Crippen LogP contribution in [-0.4, -0.2) is 49.3 Å². The van der Waals surface area contributed by atoms with Crippen LogP contribution in [0.5, 0.6) is 0 Å². The van der Waals surface area contributed by atoms with Gasteiger partial charge in [-0.05, 0) is 42.5 Å². The first-order valence-corrected chi connectivity index (χ1v) is 11.3. The van der Waals surface area contributed by atoms with Crippen LogP contribution in [0, 0.1) is 5.82 Å². The van der Waals surface area contributed by atoms with Crippen LogP contribution in [0.1, 0.15) is 29.3 Å². The fourth-order valence-electron chi connectivity index (χ4n) is 3.24. The van der Waals surface area contributed by atoms with Gasteiger partial charge in [-0.15, -0.1) is 11.3 Å². The molecule has 1 aliphatic rings. The molecule has 7 nitrogen and oxygen atoms in total. The molecule has 0 bridgehead atoms. The number of oxime groups is 1. The normalized spacial score (nSPS) is 18.1. The molecule has 1 atom stereocenters. The second-order valence-corrected chi connectivity index (χ2v) is 9.63. The maximum absolute atomic E-state index is 13.1. The second kappa shape index (κ2) is 8.60. The highest BCUT2D eigenvalue weighted by atomic mass is 32.2. The van der Waals surface area contributed by atoms with Gasteiger partial charge in [-0.2, -0.15) is 0 Å². The molecular weight excluding hydrogens is 419 g/mol. The molecule has 0 saturated heterocycles. The van der Waals surface area contributed by atoms with E-state index in [1.165, 1.54) is 35.8 Å². The van der Waals surface area contributed by atoms with Crippen molar-refractivity contribution in [3.63, 3.8) is 0 Å². The van der Waals surface area contributed by atoms with E-state index in [2.05, 4.69) is 5.16 Å². The van der Waals surface area contributed by atoms with Gasteiger partial charge < -0.3 is 9.94 Å². The minimum atomic E-state index is -3.76. The number of esters is 1. The number of fused-ring (bicyclic) bond motifs is 1. The summed E-state index contributed by atoms with van der Waals surface area (Å²) in [6.45, 7) is 1.50. The van der Waals surface area contributed by atoms with Gasteiger partial charge >= 0.3 is 5.97 Å². The first kappa shape index (κ1) is 21.4. The minimum absolute atomic E-state index is 0.168. The topological polar surface area (TPSA) is 96.3 Å². The lowest BCUT2D eigenvalue weighted by Crippen LogP contribution is -2.33. The van der Waals surface area contributed by atoms with Crippen molar-refractivity contribution in [2.24, 2.45) is 5.16 Å². The molecule has 3 rings (SSSR count). The molecule has 1 heterocycles. The minimum Gasteiger partial charge on any atom is -0.456 e. The SMILES string of the molecule is CC(=O)OC1CCc2c(S(=O)(=O)N(C)CCc3ccc(F)cc3)csc2/C1=N/O. The summed E-state index contributed by atoms with van der Waals surface area (Å²) < 4.78 is 45.6. The van der Waals surface area contributed by atoms with Gasteiger partial charge in [0, 0.05) is 25.9 Å². The van der Waals surface area contributed by atoms with Gasteiger partial charge in [0.2, 0.25) is 10.0 Å². The Kier molecular flexibility index (Phi) is 6.35. The zero-order valence-electron chi connectivity index (χ0n) is 16.0. The van der Waals surface area contributed by atoms with E-state index in [0.29, 0.717) is 29.7 Å². The third-order valence-corrected chi connectivity index (χ3v) is 7.90. The molecule has 10 heteroatoms. The van der Waals surface area contributed by atoms with Gasteiger partial charge in [0.1, 0.15) is 17.6 Å². The molecule has 0 saturated carbocycles. The summed E-state index contributed by atoms with van der Waals surface area (Å²) in [6.07, 6.45) is 0.469. The molecule has 2 aromatic rings. The molecule has 0 radical (unpaired) electrons. The summed E-state index contributed by atoms with van der Waals surface area (Å²) in [5, 5.41) is 14.2. The van der Waals surface area contributed by atoms with Crippen LogP contribution in [0.15, 0.2) is 39.7 Å².